The average Bonchev–Trinajstić information content (AvgIpc) is 2.93. The summed E-state index contributed by atoms with van der Waals surface area (Å²) in [5, 5.41) is 3.04. The summed E-state index contributed by atoms with van der Waals surface area (Å²) in [7, 11) is -3.35. The molecule has 21 heavy (non-hydrogen) atoms. The van der Waals surface area contributed by atoms with Crippen molar-refractivity contribution in [2.75, 3.05) is 36.9 Å². The second-order valence-corrected chi connectivity index (χ2v) is 7.24. The number of anilines is 2. The van der Waals surface area contributed by atoms with E-state index in [1.807, 2.05) is 4.90 Å². The van der Waals surface area contributed by atoms with E-state index in [1.165, 1.54) is 6.07 Å². The van der Waals surface area contributed by atoms with Gasteiger partial charge in [0.25, 0.3) is 0 Å². The first kappa shape index (κ1) is 15.6. The minimum atomic E-state index is -3.35. The monoisotopic (exact) mass is 311 g/mol. The lowest BCUT2D eigenvalue weighted by Crippen LogP contribution is -2.29. The summed E-state index contributed by atoms with van der Waals surface area (Å²) in [5.74, 6) is 0.123. The zero-order chi connectivity index (χ0) is 15.5. The van der Waals surface area contributed by atoms with Crippen LogP contribution in [0.5, 0.6) is 0 Å². The Bertz CT molecular complexity index is 622. The number of amides is 1. The summed E-state index contributed by atoms with van der Waals surface area (Å²) in [6.45, 7) is 2.11. The Kier molecular flexibility index (Phi) is 4.72. The van der Waals surface area contributed by atoms with Crippen molar-refractivity contribution >= 4 is 27.1 Å². The van der Waals surface area contributed by atoms with Crippen molar-refractivity contribution in [2.45, 2.75) is 24.2 Å². The summed E-state index contributed by atoms with van der Waals surface area (Å²) in [5.41, 5.74) is 6.62. The van der Waals surface area contributed by atoms with E-state index in [-0.39, 0.29) is 16.5 Å². The molecule has 1 amide bonds. The van der Waals surface area contributed by atoms with Crippen molar-refractivity contribution in [3.63, 3.8) is 0 Å². The number of nitrogens with two attached hydrogens (primary N) is 1. The predicted octanol–water partition coefficient (Wildman–Crippen LogP) is 1.10. The third-order valence-electron chi connectivity index (χ3n) is 3.58. The van der Waals surface area contributed by atoms with Gasteiger partial charge < -0.3 is 16.0 Å². The maximum absolute atomic E-state index is 11.9. The molecule has 0 saturated carbocycles. The van der Waals surface area contributed by atoms with Gasteiger partial charge in [-0.05, 0) is 25.0 Å². The van der Waals surface area contributed by atoms with Crippen LogP contribution < -0.4 is 11.1 Å². The molecule has 0 radical (unpaired) electrons. The molecule has 0 aliphatic carbocycles. The van der Waals surface area contributed by atoms with Crippen molar-refractivity contribution in [2.24, 2.45) is 0 Å². The molecule has 0 atom stereocenters. The van der Waals surface area contributed by atoms with E-state index in [4.69, 9.17) is 5.73 Å². The number of carbonyl (C=O) groups excluding carboxylic acids is 1. The minimum absolute atomic E-state index is 0.110. The Morgan fingerprint density at radius 3 is 2.62 bits per heavy atom. The fourth-order valence-corrected chi connectivity index (χ4v) is 3.29. The number of hydrogen-bond donors (Lipinski definition) is 2. The Hall–Kier alpha value is -1.76. The lowest BCUT2D eigenvalue weighted by molar-refractivity contribution is -0.129. The molecule has 116 valence electrons. The van der Waals surface area contributed by atoms with Crippen molar-refractivity contribution in [1.29, 1.82) is 0 Å². The van der Waals surface area contributed by atoms with Crippen LogP contribution in [0.3, 0.4) is 0 Å². The second kappa shape index (κ2) is 6.34. The predicted molar refractivity (Wildman–Crippen MR) is 82.9 cm³/mol. The Morgan fingerprint density at radius 2 is 2.00 bits per heavy atom. The zero-order valence-electron chi connectivity index (χ0n) is 12.1. The van der Waals surface area contributed by atoms with Crippen LogP contribution in [0.1, 0.15) is 19.3 Å². The Morgan fingerprint density at radius 1 is 1.33 bits per heavy atom. The Balaban J connectivity index is 1.96. The average molecular weight is 311 g/mol. The highest BCUT2D eigenvalue weighted by atomic mass is 32.2. The number of rotatable bonds is 5. The van der Waals surface area contributed by atoms with Gasteiger partial charge in [-0.2, -0.15) is 0 Å². The molecule has 0 unspecified atom stereocenters. The lowest BCUT2D eigenvalue weighted by atomic mass is 10.2. The molecule has 1 saturated heterocycles. The van der Waals surface area contributed by atoms with Crippen molar-refractivity contribution in [1.82, 2.24) is 4.90 Å². The van der Waals surface area contributed by atoms with Crippen LogP contribution in [0.25, 0.3) is 0 Å². The summed E-state index contributed by atoms with van der Waals surface area (Å²) in [6.07, 6.45) is 3.65. The van der Waals surface area contributed by atoms with Gasteiger partial charge in [0, 0.05) is 32.3 Å². The number of nitrogens with one attached hydrogen (secondary N) is 1. The van der Waals surface area contributed by atoms with Crippen LogP contribution in [-0.4, -0.2) is 45.1 Å². The molecule has 7 heteroatoms. The van der Waals surface area contributed by atoms with Gasteiger partial charge in [0.2, 0.25) is 5.91 Å². The van der Waals surface area contributed by atoms with Crippen molar-refractivity contribution in [3.05, 3.63) is 18.2 Å². The van der Waals surface area contributed by atoms with E-state index in [2.05, 4.69) is 5.32 Å². The van der Waals surface area contributed by atoms with Gasteiger partial charge in [0.1, 0.15) is 0 Å². The fraction of sp³-hybridized carbons (Fsp3) is 0.500. The molecule has 6 nitrogen and oxygen atoms in total. The molecule has 1 aliphatic heterocycles. The lowest BCUT2D eigenvalue weighted by Gasteiger charge is -2.16. The third kappa shape index (κ3) is 3.87. The number of hydrogen-bond acceptors (Lipinski definition) is 5. The van der Waals surface area contributed by atoms with Gasteiger partial charge in [-0.1, -0.05) is 6.07 Å². The van der Waals surface area contributed by atoms with Crippen LogP contribution in [0, 0.1) is 0 Å². The molecule has 1 fully saturated rings. The second-order valence-electron chi connectivity index (χ2n) is 5.25. The van der Waals surface area contributed by atoms with Gasteiger partial charge in [-0.15, -0.1) is 0 Å². The number of nitrogen functional groups attached to an aromatic ring is 1. The maximum Gasteiger partial charge on any atom is 0.224 e. The summed E-state index contributed by atoms with van der Waals surface area (Å²) < 4.78 is 23.2. The highest BCUT2D eigenvalue weighted by Crippen LogP contribution is 2.26. The highest BCUT2D eigenvalue weighted by molar-refractivity contribution is 7.90. The summed E-state index contributed by atoms with van der Waals surface area (Å²) in [4.78, 5) is 13.9. The number of benzene rings is 1. The van der Waals surface area contributed by atoms with E-state index in [0.717, 1.165) is 32.2 Å². The van der Waals surface area contributed by atoms with E-state index in [0.29, 0.717) is 18.7 Å². The first-order valence-electron chi connectivity index (χ1n) is 7.00. The third-order valence-corrected chi connectivity index (χ3v) is 4.73. The normalized spacial score (nSPS) is 15.2. The van der Waals surface area contributed by atoms with Gasteiger partial charge in [0.05, 0.1) is 16.3 Å². The van der Waals surface area contributed by atoms with Crippen LogP contribution in [0.4, 0.5) is 11.4 Å². The molecular formula is C14H21N3O3S. The fourth-order valence-electron chi connectivity index (χ4n) is 2.45. The van der Waals surface area contributed by atoms with Gasteiger partial charge >= 0.3 is 0 Å². The van der Waals surface area contributed by atoms with Crippen LogP contribution in [0.2, 0.25) is 0 Å². The molecule has 3 N–H and O–H groups in total. The number of sulfone groups is 1. The van der Waals surface area contributed by atoms with Gasteiger partial charge in [-0.25, -0.2) is 8.42 Å². The summed E-state index contributed by atoms with van der Waals surface area (Å²) in [6, 6.07) is 4.83. The molecule has 1 aromatic rings. The molecule has 1 aliphatic rings. The molecular weight excluding hydrogens is 290 g/mol. The largest absolute Gasteiger partial charge is 0.396 e. The molecule has 0 spiro atoms. The first-order valence-corrected chi connectivity index (χ1v) is 8.89. The maximum atomic E-state index is 11.9. The number of likely N-dealkylation sites (tertiary alicyclic amines) is 1. The SMILES string of the molecule is CS(=O)(=O)c1cccc(NCCC(=O)N2CCCC2)c1N. The Labute approximate surface area is 125 Å². The van der Waals surface area contributed by atoms with E-state index in [9.17, 15) is 13.2 Å². The number of carbonyl (C=O) groups is 1. The smallest absolute Gasteiger partial charge is 0.224 e. The summed E-state index contributed by atoms with van der Waals surface area (Å²) >= 11 is 0. The zero-order valence-corrected chi connectivity index (χ0v) is 12.9. The van der Waals surface area contributed by atoms with Crippen molar-refractivity contribution in [3.8, 4) is 0 Å². The topological polar surface area (TPSA) is 92.5 Å². The van der Waals surface area contributed by atoms with Gasteiger partial charge in [0.15, 0.2) is 9.84 Å². The van der Waals surface area contributed by atoms with Crippen LogP contribution in [0.15, 0.2) is 23.1 Å². The van der Waals surface area contributed by atoms with E-state index in [1.54, 1.807) is 12.1 Å². The van der Waals surface area contributed by atoms with Crippen molar-refractivity contribution < 1.29 is 13.2 Å². The highest BCUT2D eigenvalue weighted by Gasteiger charge is 2.18. The van der Waals surface area contributed by atoms with E-state index >= 15 is 0 Å². The number of para-hydroxylation sites is 1. The van der Waals surface area contributed by atoms with Crippen LogP contribution >= 0.6 is 0 Å². The quantitative estimate of drug-likeness (QED) is 0.794. The molecule has 0 bridgehead atoms. The molecule has 0 aromatic heterocycles. The molecule has 1 heterocycles. The number of nitrogens with zero attached hydrogens (tertiary/aromatic N) is 1. The molecule has 1 aromatic carbocycles. The molecule has 2 rings (SSSR count). The standard InChI is InChI=1S/C14H21N3O3S/c1-21(19,20)12-6-4-5-11(14(12)15)16-8-7-13(18)17-9-2-3-10-17/h4-6,16H,2-3,7-10,15H2,1H3. The minimum Gasteiger partial charge on any atom is -0.396 e. The van der Waals surface area contributed by atoms with E-state index < -0.39 is 9.84 Å². The van der Waals surface area contributed by atoms with Gasteiger partial charge in [-0.3, -0.25) is 4.79 Å². The first-order chi connectivity index (χ1) is 9.89. The van der Waals surface area contributed by atoms with Crippen LogP contribution in [-0.2, 0) is 14.6 Å².